The Balaban J connectivity index is 1.56. The fraction of sp³-hybridized carbons (Fsp3) is 0.462. The molecule has 1 aliphatic rings. The molecule has 3 rings (SSSR count). The zero-order valence-electron chi connectivity index (χ0n) is 20.0. The van der Waals surface area contributed by atoms with E-state index in [-0.39, 0.29) is 18.4 Å². The van der Waals surface area contributed by atoms with Gasteiger partial charge in [0.2, 0.25) is 11.8 Å². The lowest BCUT2D eigenvalue weighted by molar-refractivity contribution is -0.133. The molecule has 1 fully saturated rings. The smallest absolute Gasteiger partial charge is 0.408 e. The topological polar surface area (TPSA) is 101 Å². The molecule has 1 saturated heterocycles. The molecule has 3 amide bonds. The molecule has 2 aromatic rings. The highest BCUT2D eigenvalue weighted by Gasteiger charge is 2.29. The van der Waals surface area contributed by atoms with Crippen molar-refractivity contribution in [2.45, 2.75) is 57.1 Å². The van der Waals surface area contributed by atoms with Crippen LogP contribution in [0.3, 0.4) is 0 Å². The van der Waals surface area contributed by atoms with Crippen molar-refractivity contribution < 1.29 is 19.1 Å². The van der Waals surface area contributed by atoms with E-state index in [9.17, 15) is 14.4 Å². The molecule has 0 bridgehead atoms. The van der Waals surface area contributed by atoms with E-state index in [1.165, 1.54) is 6.08 Å². The summed E-state index contributed by atoms with van der Waals surface area (Å²) in [7, 11) is 0. The van der Waals surface area contributed by atoms with E-state index < -0.39 is 12.1 Å². The van der Waals surface area contributed by atoms with Gasteiger partial charge in [0, 0.05) is 37.1 Å². The van der Waals surface area contributed by atoms with Gasteiger partial charge in [-0.2, -0.15) is 0 Å². The highest BCUT2D eigenvalue weighted by atomic mass is 32.1. The minimum absolute atomic E-state index is 0.0865. The van der Waals surface area contributed by atoms with Gasteiger partial charge in [-0.05, 0) is 50.2 Å². The molecule has 35 heavy (non-hydrogen) atoms. The van der Waals surface area contributed by atoms with Gasteiger partial charge in [0.05, 0.1) is 5.01 Å². The van der Waals surface area contributed by atoms with Crippen LogP contribution >= 0.6 is 11.3 Å². The third-order valence-electron chi connectivity index (χ3n) is 6.05. The van der Waals surface area contributed by atoms with Crippen LogP contribution in [-0.2, 0) is 20.9 Å². The molecular weight excluding hydrogens is 464 g/mol. The molecule has 1 aliphatic heterocycles. The van der Waals surface area contributed by atoms with E-state index in [0.717, 1.165) is 29.8 Å². The second-order valence-electron chi connectivity index (χ2n) is 8.57. The number of amides is 3. The summed E-state index contributed by atoms with van der Waals surface area (Å²) in [5, 5.41) is 8.64. The summed E-state index contributed by atoms with van der Waals surface area (Å²) in [5.74, 6) is 0.0553. The Morgan fingerprint density at radius 3 is 2.77 bits per heavy atom. The van der Waals surface area contributed by atoms with Gasteiger partial charge in [-0.1, -0.05) is 36.9 Å². The molecular formula is C26H34N4O4S. The van der Waals surface area contributed by atoms with Crippen molar-refractivity contribution >= 4 is 29.2 Å². The van der Waals surface area contributed by atoms with E-state index in [1.54, 1.807) is 11.3 Å². The molecule has 2 N–H and O–H groups in total. The van der Waals surface area contributed by atoms with Crippen LogP contribution in [0.5, 0.6) is 0 Å². The van der Waals surface area contributed by atoms with Crippen LogP contribution in [0.15, 0.2) is 54.6 Å². The number of ether oxygens (including phenoxy) is 1. The molecule has 0 saturated carbocycles. The lowest BCUT2D eigenvalue weighted by Gasteiger charge is -2.27. The highest BCUT2D eigenvalue weighted by Crippen LogP contribution is 2.29. The summed E-state index contributed by atoms with van der Waals surface area (Å²) in [6.07, 6.45) is 7.03. The Morgan fingerprint density at radius 2 is 2.03 bits per heavy atom. The number of carbonyl (C=O) groups is 3. The second kappa shape index (κ2) is 14.3. The maximum Gasteiger partial charge on any atom is 0.408 e. The number of nitrogens with zero attached hydrogens (tertiary/aromatic N) is 2. The summed E-state index contributed by atoms with van der Waals surface area (Å²) in [4.78, 5) is 43.6. The average molecular weight is 499 g/mol. The summed E-state index contributed by atoms with van der Waals surface area (Å²) < 4.78 is 5.36. The SMILES string of the molecule is C=CC(=O)NCCCC[C@H](NC(=O)OCc1ccccc1)C(=O)N1CCCC(c2nccs2)CC1. The van der Waals surface area contributed by atoms with E-state index >= 15 is 0 Å². The van der Waals surface area contributed by atoms with Crippen molar-refractivity contribution in [3.8, 4) is 0 Å². The van der Waals surface area contributed by atoms with Crippen LogP contribution in [0.4, 0.5) is 4.79 Å². The van der Waals surface area contributed by atoms with Crippen molar-refractivity contribution in [1.82, 2.24) is 20.5 Å². The Bertz CT molecular complexity index is 952. The van der Waals surface area contributed by atoms with Gasteiger partial charge in [-0.3, -0.25) is 9.59 Å². The fourth-order valence-corrected chi connectivity index (χ4v) is 4.95. The summed E-state index contributed by atoms with van der Waals surface area (Å²) >= 11 is 1.66. The molecule has 9 heteroatoms. The number of unbranched alkanes of at least 4 members (excludes halogenated alkanes) is 1. The third kappa shape index (κ3) is 8.83. The summed E-state index contributed by atoms with van der Waals surface area (Å²) in [6.45, 7) is 5.36. The normalized spacial score (nSPS) is 16.6. The predicted molar refractivity (Wildman–Crippen MR) is 136 cm³/mol. The molecule has 8 nitrogen and oxygen atoms in total. The van der Waals surface area contributed by atoms with Crippen LogP contribution in [0.1, 0.15) is 55.0 Å². The zero-order chi connectivity index (χ0) is 24.9. The molecule has 1 aromatic heterocycles. The van der Waals surface area contributed by atoms with Gasteiger partial charge in [0.15, 0.2) is 0 Å². The summed E-state index contributed by atoms with van der Waals surface area (Å²) in [5.41, 5.74) is 0.879. The van der Waals surface area contributed by atoms with Crippen molar-refractivity contribution in [2.75, 3.05) is 19.6 Å². The first-order valence-corrected chi connectivity index (χ1v) is 13.0. The maximum absolute atomic E-state index is 13.4. The largest absolute Gasteiger partial charge is 0.445 e. The van der Waals surface area contributed by atoms with Crippen molar-refractivity contribution in [3.05, 3.63) is 65.1 Å². The maximum atomic E-state index is 13.4. The van der Waals surface area contributed by atoms with Crippen LogP contribution < -0.4 is 10.6 Å². The number of likely N-dealkylation sites (tertiary alicyclic amines) is 1. The number of thiazole rings is 1. The number of aromatic nitrogens is 1. The van der Waals surface area contributed by atoms with E-state index in [2.05, 4.69) is 22.2 Å². The molecule has 0 spiro atoms. The van der Waals surface area contributed by atoms with Crippen molar-refractivity contribution in [1.29, 1.82) is 0 Å². The van der Waals surface area contributed by atoms with Gasteiger partial charge in [-0.15, -0.1) is 11.3 Å². The molecule has 1 unspecified atom stereocenters. The van der Waals surface area contributed by atoms with Gasteiger partial charge in [-0.25, -0.2) is 9.78 Å². The minimum Gasteiger partial charge on any atom is -0.445 e. The van der Waals surface area contributed by atoms with Gasteiger partial charge < -0.3 is 20.3 Å². The Kier molecular flexibility index (Phi) is 10.8. The fourth-order valence-electron chi connectivity index (χ4n) is 4.14. The number of nitrogens with one attached hydrogen (secondary N) is 2. The van der Waals surface area contributed by atoms with Gasteiger partial charge in [0.1, 0.15) is 12.6 Å². The van der Waals surface area contributed by atoms with Crippen LogP contribution in [0.2, 0.25) is 0 Å². The molecule has 2 heterocycles. The Hall–Kier alpha value is -3.20. The van der Waals surface area contributed by atoms with Crippen LogP contribution in [-0.4, -0.2) is 53.5 Å². The van der Waals surface area contributed by atoms with Crippen molar-refractivity contribution in [2.24, 2.45) is 0 Å². The molecule has 0 radical (unpaired) electrons. The van der Waals surface area contributed by atoms with E-state index in [4.69, 9.17) is 4.74 Å². The highest BCUT2D eigenvalue weighted by molar-refractivity contribution is 7.09. The quantitative estimate of drug-likeness (QED) is 0.360. The lowest BCUT2D eigenvalue weighted by Crippen LogP contribution is -2.49. The Labute approximate surface area is 210 Å². The van der Waals surface area contributed by atoms with Gasteiger partial charge >= 0.3 is 6.09 Å². The summed E-state index contributed by atoms with van der Waals surface area (Å²) in [6, 6.07) is 8.74. The number of hydrogen-bond acceptors (Lipinski definition) is 6. The average Bonchev–Trinajstić information content (AvgIpc) is 3.31. The number of benzene rings is 1. The molecule has 0 aliphatic carbocycles. The number of hydrogen-bond donors (Lipinski definition) is 2. The first kappa shape index (κ1) is 26.4. The Morgan fingerprint density at radius 1 is 1.20 bits per heavy atom. The van der Waals surface area contributed by atoms with E-state index in [1.807, 2.05) is 46.8 Å². The van der Waals surface area contributed by atoms with Crippen molar-refractivity contribution in [3.63, 3.8) is 0 Å². The number of rotatable bonds is 11. The van der Waals surface area contributed by atoms with Gasteiger partial charge in [0.25, 0.3) is 0 Å². The van der Waals surface area contributed by atoms with E-state index in [0.29, 0.717) is 44.8 Å². The van der Waals surface area contributed by atoms with Crippen LogP contribution in [0, 0.1) is 0 Å². The van der Waals surface area contributed by atoms with Crippen LogP contribution in [0.25, 0.3) is 0 Å². The standard InChI is InChI=1S/C26H34N4O4S/c1-2-23(31)27-14-7-6-12-22(29-26(33)34-19-20-9-4-3-5-10-20)25(32)30-16-8-11-21(13-17-30)24-28-15-18-35-24/h2-5,9-10,15,18,21-22H,1,6-8,11-14,16-17,19H2,(H,27,31)(H,29,33)/t21?,22-/m0/s1. The number of carbonyl (C=O) groups excluding carboxylic acids is 3. The predicted octanol–water partition coefficient (Wildman–Crippen LogP) is 4.01. The first-order chi connectivity index (χ1) is 17.1. The molecule has 2 atom stereocenters. The molecule has 1 aromatic carbocycles. The third-order valence-corrected chi connectivity index (χ3v) is 6.99. The minimum atomic E-state index is -0.676. The number of alkyl carbamates (subject to hydrolysis) is 1. The monoisotopic (exact) mass is 498 g/mol. The first-order valence-electron chi connectivity index (χ1n) is 12.1. The lowest BCUT2D eigenvalue weighted by atomic mass is 10.0. The molecule has 188 valence electrons. The second-order valence-corrected chi connectivity index (χ2v) is 9.50. The zero-order valence-corrected chi connectivity index (χ0v) is 20.8.